The van der Waals surface area contributed by atoms with Crippen LogP contribution in [0.2, 0.25) is 0 Å². The molecule has 0 saturated carbocycles. The Kier molecular flexibility index (Phi) is 3.78. The van der Waals surface area contributed by atoms with Gasteiger partial charge in [-0.05, 0) is 25.5 Å². The van der Waals surface area contributed by atoms with Crippen molar-refractivity contribution >= 4 is 11.8 Å². The summed E-state index contributed by atoms with van der Waals surface area (Å²) in [6, 6.07) is 3.30. The van der Waals surface area contributed by atoms with Crippen molar-refractivity contribution < 1.29 is 14.3 Å². The number of allylic oxidation sites excluding steroid dienone is 2. The summed E-state index contributed by atoms with van der Waals surface area (Å²) in [5, 5.41) is 3.98. The van der Waals surface area contributed by atoms with Gasteiger partial charge in [-0.2, -0.15) is 5.10 Å². The molecular formula is C15H14N4O3. The molecule has 7 heteroatoms. The fraction of sp³-hybridized carbons (Fsp3) is 0.267. The Bertz CT molecular complexity index is 750. The van der Waals surface area contributed by atoms with Gasteiger partial charge in [0, 0.05) is 18.9 Å². The van der Waals surface area contributed by atoms with Gasteiger partial charge in [0.1, 0.15) is 18.4 Å². The summed E-state index contributed by atoms with van der Waals surface area (Å²) in [5.74, 6) is 0.473. The number of ketones is 1. The molecule has 0 aromatic carbocycles. The monoisotopic (exact) mass is 298 g/mol. The summed E-state index contributed by atoms with van der Waals surface area (Å²) in [6.07, 6.45) is 6.15. The molecule has 0 bridgehead atoms. The second kappa shape index (κ2) is 5.88. The standard InChI is InChI=1S/C15H14N4O3/c1-10-13(5-6-14(18-10)19-9-16-8-17-19)15(21)22-12-4-2-3-11(20)7-12/h5-9H,2-4H2,1H3. The van der Waals surface area contributed by atoms with Crippen molar-refractivity contribution in [2.24, 2.45) is 0 Å². The van der Waals surface area contributed by atoms with Crippen LogP contribution < -0.4 is 0 Å². The summed E-state index contributed by atoms with van der Waals surface area (Å²) < 4.78 is 6.79. The van der Waals surface area contributed by atoms with Gasteiger partial charge in [-0.3, -0.25) is 4.79 Å². The Morgan fingerprint density at radius 1 is 1.32 bits per heavy atom. The highest BCUT2D eigenvalue weighted by atomic mass is 16.5. The van der Waals surface area contributed by atoms with E-state index in [0.29, 0.717) is 42.1 Å². The first-order valence-corrected chi connectivity index (χ1v) is 6.92. The smallest absolute Gasteiger partial charge is 0.345 e. The summed E-state index contributed by atoms with van der Waals surface area (Å²) >= 11 is 0. The molecule has 7 nitrogen and oxygen atoms in total. The summed E-state index contributed by atoms with van der Waals surface area (Å²) in [4.78, 5) is 31.7. The molecule has 0 fully saturated rings. The van der Waals surface area contributed by atoms with Crippen molar-refractivity contribution in [2.45, 2.75) is 26.2 Å². The molecule has 2 aromatic rings. The van der Waals surface area contributed by atoms with E-state index in [1.54, 1.807) is 19.1 Å². The van der Waals surface area contributed by atoms with Crippen LogP contribution in [0, 0.1) is 6.92 Å². The topological polar surface area (TPSA) is 87.0 Å². The van der Waals surface area contributed by atoms with Gasteiger partial charge in [0.05, 0.1) is 11.3 Å². The molecule has 112 valence electrons. The van der Waals surface area contributed by atoms with E-state index in [1.807, 2.05) is 0 Å². The van der Waals surface area contributed by atoms with Crippen molar-refractivity contribution in [1.29, 1.82) is 0 Å². The molecule has 0 N–H and O–H groups in total. The Balaban J connectivity index is 1.80. The maximum Gasteiger partial charge on any atom is 0.345 e. The lowest BCUT2D eigenvalue weighted by atomic mass is 10.1. The minimum absolute atomic E-state index is 0.00886. The van der Waals surface area contributed by atoms with Gasteiger partial charge in [-0.25, -0.2) is 19.4 Å². The largest absolute Gasteiger partial charge is 0.427 e. The molecule has 0 spiro atoms. The molecule has 3 rings (SSSR count). The SMILES string of the molecule is Cc1nc(-n2cncn2)ccc1C(=O)OC1=CC(=O)CCC1. The zero-order valence-electron chi connectivity index (χ0n) is 12.0. The number of rotatable bonds is 3. The molecule has 2 aromatic heterocycles. The third-order valence-corrected chi connectivity index (χ3v) is 3.34. The molecule has 0 aliphatic heterocycles. The molecule has 0 saturated heterocycles. The van der Waals surface area contributed by atoms with Crippen LogP contribution in [-0.2, 0) is 9.53 Å². The van der Waals surface area contributed by atoms with Crippen LogP contribution in [0.15, 0.2) is 36.6 Å². The number of pyridine rings is 1. The molecule has 2 heterocycles. The Morgan fingerprint density at radius 2 is 2.18 bits per heavy atom. The lowest BCUT2D eigenvalue weighted by Gasteiger charge is -2.13. The fourth-order valence-electron chi connectivity index (χ4n) is 2.23. The molecular weight excluding hydrogens is 284 g/mol. The van der Waals surface area contributed by atoms with Crippen molar-refractivity contribution in [3.05, 3.63) is 47.9 Å². The first kappa shape index (κ1) is 14.1. The normalized spacial score (nSPS) is 14.6. The third kappa shape index (κ3) is 2.93. The molecule has 22 heavy (non-hydrogen) atoms. The van der Waals surface area contributed by atoms with E-state index >= 15 is 0 Å². The van der Waals surface area contributed by atoms with Gasteiger partial charge in [0.25, 0.3) is 0 Å². The van der Waals surface area contributed by atoms with Crippen LogP contribution in [0.1, 0.15) is 35.3 Å². The average molecular weight is 298 g/mol. The van der Waals surface area contributed by atoms with Crippen LogP contribution in [0.5, 0.6) is 0 Å². The van der Waals surface area contributed by atoms with Crippen molar-refractivity contribution in [3.8, 4) is 5.82 Å². The number of hydrogen-bond acceptors (Lipinski definition) is 6. The molecule has 1 aliphatic rings. The molecule has 0 amide bonds. The van der Waals surface area contributed by atoms with Gasteiger partial charge < -0.3 is 4.74 Å². The number of nitrogens with zero attached hydrogens (tertiary/aromatic N) is 4. The van der Waals surface area contributed by atoms with Crippen LogP contribution in [0.4, 0.5) is 0 Å². The highest BCUT2D eigenvalue weighted by Gasteiger charge is 2.18. The lowest BCUT2D eigenvalue weighted by molar-refractivity contribution is -0.115. The first-order chi connectivity index (χ1) is 10.6. The lowest BCUT2D eigenvalue weighted by Crippen LogP contribution is -2.12. The van der Waals surface area contributed by atoms with Gasteiger partial charge in [-0.15, -0.1) is 0 Å². The number of carbonyl (C=O) groups excluding carboxylic acids is 2. The Labute approximate surface area is 126 Å². The highest BCUT2D eigenvalue weighted by molar-refractivity contribution is 5.94. The number of aryl methyl sites for hydroxylation is 1. The van der Waals surface area contributed by atoms with Crippen LogP contribution in [0.25, 0.3) is 5.82 Å². The zero-order chi connectivity index (χ0) is 15.5. The predicted octanol–water partition coefficient (Wildman–Crippen LogP) is 1.76. The second-order valence-corrected chi connectivity index (χ2v) is 4.96. The number of aromatic nitrogens is 4. The van der Waals surface area contributed by atoms with Crippen molar-refractivity contribution in [3.63, 3.8) is 0 Å². The zero-order valence-corrected chi connectivity index (χ0v) is 12.0. The van der Waals surface area contributed by atoms with Crippen LogP contribution in [-0.4, -0.2) is 31.5 Å². The minimum atomic E-state index is -0.504. The fourth-order valence-corrected chi connectivity index (χ4v) is 2.23. The van der Waals surface area contributed by atoms with E-state index in [1.165, 1.54) is 23.4 Å². The molecule has 0 radical (unpaired) electrons. The Hall–Kier alpha value is -2.83. The summed E-state index contributed by atoms with van der Waals surface area (Å²) in [7, 11) is 0. The van der Waals surface area contributed by atoms with Gasteiger partial charge in [-0.1, -0.05) is 0 Å². The van der Waals surface area contributed by atoms with E-state index in [9.17, 15) is 9.59 Å². The molecule has 1 aliphatic carbocycles. The third-order valence-electron chi connectivity index (χ3n) is 3.34. The first-order valence-electron chi connectivity index (χ1n) is 6.92. The predicted molar refractivity (Wildman–Crippen MR) is 76.2 cm³/mol. The average Bonchev–Trinajstić information content (AvgIpc) is 3.01. The van der Waals surface area contributed by atoms with Gasteiger partial charge >= 0.3 is 5.97 Å². The van der Waals surface area contributed by atoms with E-state index in [4.69, 9.17) is 4.74 Å². The van der Waals surface area contributed by atoms with E-state index in [0.717, 1.165) is 0 Å². The highest BCUT2D eigenvalue weighted by Crippen LogP contribution is 2.19. The van der Waals surface area contributed by atoms with E-state index < -0.39 is 5.97 Å². The van der Waals surface area contributed by atoms with Gasteiger partial charge in [0.2, 0.25) is 0 Å². The number of esters is 1. The van der Waals surface area contributed by atoms with Crippen molar-refractivity contribution in [2.75, 3.05) is 0 Å². The summed E-state index contributed by atoms with van der Waals surface area (Å²) in [6.45, 7) is 1.72. The number of ether oxygens (including phenoxy) is 1. The van der Waals surface area contributed by atoms with E-state index in [2.05, 4.69) is 15.1 Å². The van der Waals surface area contributed by atoms with Gasteiger partial charge in [0.15, 0.2) is 11.6 Å². The molecule has 0 unspecified atom stereocenters. The Morgan fingerprint density at radius 3 is 2.86 bits per heavy atom. The van der Waals surface area contributed by atoms with Crippen LogP contribution >= 0.6 is 0 Å². The second-order valence-electron chi connectivity index (χ2n) is 4.96. The van der Waals surface area contributed by atoms with E-state index in [-0.39, 0.29) is 5.78 Å². The summed E-state index contributed by atoms with van der Waals surface area (Å²) in [5.41, 5.74) is 0.892. The number of carbonyl (C=O) groups is 2. The minimum Gasteiger partial charge on any atom is -0.427 e. The molecule has 0 atom stereocenters. The van der Waals surface area contributed by atoms with Crippen LogP contribution in [0.3, 0.4) is 0 Å². The number of hydrogen-bond donors (Lipinski definition) is 0. The maximum atomic E-state index is 12.2. The van der Waals surface area contributed by atoms with Crippen molar-refractivity contribution in [1.82, 2.24) is 19.7 Å². The maximum absolute atomic E-state index is 12.2. The quantitative estimate of drug-likeness (QED) is 0.802.